The molecule has 0 unspecified atom stereocenters. The molecule has 5 nitrogen and oxygen atoms in total. The molecule has 2 heterocycles. The van der Waals surface area contributed by atoms with Crippen molar-refractivity contribution in [2.45, 2.75) is 32.2 Å². The lowest BCUT2D eigenvalue weighted by Gasteiger charge is -2.07. The highest BCUT2D eigenvalue weighted by molar-refractivity contribution is 5.77. The third-order valence-electron chi connectivity index (χ3n) is 4.68. The van der Waals surface area contributed by atoms with Gasteiger partial charge in [-0.25, -0.2) is 9.78 Å². The van der Waals surface area contributed by atoms with Crippen molar-refractivity contribution in [3.8, 4) is 5.75 Å². The van der Waals surface area contributed by atoms with Crippen LogP contribution in [0.5, 0.6) is 5.75 Å². The first-order valence-corrected chi connectivity index (χ1v) is 9.36. The number of hydrogen-bond donors (Lipinski definition) is 0. The number of benzene rings is 2. The van der Waals surface area contributed by atoms with E-state index in [1.54, 1.807) is 12.1 Å². The Morgan fingerprint density at radius 1 is 0.963 bits per heavy atom. The summed E-state index contributed by atoms with van der Waals surface area (Å²) < 4.78 is 13.2. The Bertz CT molecular complexity index is 1100. The van der Waals surface area contributed by atoms with Crippen molar-refractivity contribution in [3.05, 3.63) is 71.3 Å². The Balaban J connectivity index is 1.19. The van der Waals surface area contributed by atoms with Gasteiger partial charge in [-0.2, -0.15) is 0 Å². The zero-order valence-electron chi connectivity index (χ0n) is 15.1. The Labute approximate surface area is 157 Å². The van der Waals surface area contributed by atoms with E-state index in [1.807, 2.05) is 30.6 Å². The van der Waals surface area contributed by atoms with E-state index in [0.29, 0.717) is 12.2 Å². The van der Waals surface area contributed by atoms with Crippen LogP contribution in [0, 0.1) is 0 Å². The van der Waals surface area contributed by atoms with Crippen molar-refractivity contribution in [2.75, 3.05) is 6.61 Å². The Morgan fingerprint density at radius 2 is 1.81 bits per heavy atom. The molecular formula is C22H22N2O3. The van der Waals surface area contributed by atoms with Gasteiger partial charge in [0.15, 0.2) is 0 Å². The topological polar surface area (TPSA) is 57.3 Å². The third kappa shape index (κ3) is 4.19. The molecule has 0 aliphatic rings. The lowest BCUT2D eigenvalue weighted by atomic mass is 10.2. The van der Waals surface area contributed by atoms with Crippen LogP contribution in [-0.2, 0) is 6.54 Å². The van der Waals surface area contributed by atoms with Crippen LogP contribution in [0.25, 0.3) is 22.0 Å². The minimum Gasteiger partial charge on any atom is -0.493 e. The highest BCUT2D eigenvalue weighted by atomic mass is 16.5. The van der Waals surface area contributed by atoms with Crippen LogP contribution in [0.1, 0.15) is 25.7 Å². The minimum absolute atomic E-state index is 0.342. The zero-order valence-corrected chi connectivity index (χ0v) is 15.1. The quantitative estimate of drug-likeness (QED) is 0.334. The molecule has 138 valence electrons. The molecule has 4 aromatic rings. The Hall–Kier alpha value is -3.08. The van der Waals surface area contributed by atoms with E-state index in [-0.39, 0.29) is 5.63 Å². The molecule has 0 saturated heterocycles. The number of imidazole rings is 1. The SMILES string of the molecule is O=c1ccc2ccc(OCCCCCCn3cnc4ccccc43)cc2o1. The molecule has 0 radical (unpaired) electrons. The molecule has 0 fully saturated rings. The molecule has 0 atom stereocenters. The van der Waals surface area contributed by atoms with Gasteiger partial charge in [-0.15, -0.1) is 0 Å². The lowest BCUT2D eigenvalue weighted by molar-refractivity contribution is 0.304. The first-order chi connectivity index (χ1) is 13.3. The average molecular weight is 362 g/mol. The number of unbranched alkanes of at least 4 members (excludes halogenated alkanes) is 3. The van der Waals surface area contributed by atoms with Crippen LogP contribution in [-0.4, -0.2) is 16.2 Å². The predicted molar refractivity (Wildman–Crippen MR) is 106 cm³/mol. The number of ether oxygens (including phenoxy) is 1. The fraction of sp³-hybridized carbons (Fsp3) is 0.273. The van der Waals surface area contributed by atoms with Crippen LogP contribution >= 0.6 is 0 Å². The van der Waals surface area contributed by atoms with Crippen molar-refractivity contribution in [2.24, 2.45) is 0 Å². The van der Waals surface area contributed by atoms with Gasteiger partial charge in [-0.05, 0) is 43.2 Å². The van der Waals surface area contributed by atoms with Crippen molar-refractivity contribution >= 4 is 22.0 Å². The van der Waals surface area contributed by atoms with E-state index >= 15 is 0 Å². The minimum atomic E-state index is -0.342. The van der Waals surface area contributed by atoms with Crippen molar-refractivity contribution in [1.29, 1.82) is 0 Å². The third-order valence-corrected chi connectivity index (χ3v) is 4.68. The second-order valence-electron chi connectivity index (χ2n) is 6.64. The molecule has 27 heavy (non-hydrogen) atoms. The second kappa shape index (κ2) is 8.08. The Morgan fingerprint density at radius 3 is 2.78 bits per heavy atom. The summed E-state index contributed by atoms with van der Waals surface area (Å²) in [5.41, 5.74) is 2.47. The van der Waals surface area contributed by atoms with Crippen LogP contribution in [0.3, 0.4) is 0 Å². The number of para-hydroxylation sites is 2. The number of nitrogens with zero attached hydrogens (tertiary/aromatic N) is 2. The fourth-order valence-electron chi connectivity index (χ4n) is 3.25. The molecule has 0 bridgehead atoms. The standard InChI is InChI=1S/C22H22N2O3/c25-22-12-10-17-9-11-18(15-21(17)27-22)26-14-6-2-1-5-13-24-16-23-19-7-3-4-8-20(19)24/h3-4,7-12,15-16H,1-2,5-6,13-14H2. The maximum Gasteiger partial charge on any atom is 0.336 e. The van der Waals surface area contributed by atoms with Crippen LogP contribution < -0.4 is 10.4 Å². The monoisotopic (exact) mass is 362 g/mol. The van der Waals surface area contributed by atoms with Gasteiger partial charge in [0.2, 0.25) is 0 Å². The number of aryl methyl sites for hydroxylation is 1. The van der Waals surface area contributed by atoms with E-state index in [0.717, 1.165) is 48.9 Å². The molecule has 0 N–H and O–H groups in total. The summed E-state index contributed by atoms with van der Waals surface area (Å²) >= 11 is 0. The summed E-state index contributed by atoms with van der Waals surface area (Å²) in [5.74, 6) is 0.738. The number of fused-ring (bicyclic) bond motifs is 2. The molecule has 0 saturated carbocycles. The summed E-state index contributed by atoms with van der Waals surface area (Å²) in [6.45, 7) is 1.65. The van der Waals surface area contributed by atoms with Gasteiger partial charge in [-0.3, -0.25) is 0 Å². The van der Waals surface area contributed by atoms with Crippen LogP contribution in [0.15, 0.2) is 70.1 Å². The lowest BCUT2D eigenvalue weighted by Crippen LogP contribution is -1.99. The molecular weight excluding hydrogens is 340 g/mol. The average Bonchev–Trinajstić information content (AvgIpc) is 3.10. The summed E-state index contributed by atoms with van der Waals surface area (Å²) in [7, 11) is 0. The van der Waals surface area contributed by atoms with Crippen molar-refractivity contribution < 1.29 is 9.15 Å². The fourth-order valence-corrected chi connectivity index (χ4v) is 3.25. The molecule has 0 aliphatic heterocycles. The summed E-state index contributed by atoms with van der Waals surface area (Å²) in [5, 5.41) is 0.897. The van der Waals surface area contributed by atoms with Gasteiger partial charge in [0.25, 0.3) is 0 Å². The molecule has 0 aliphatic carbocycles. The van der Waals surface area contributed by atoms with Crippen LogP contribution in [0.4, 0.5) is 0 Å². The van der Waals surface area contributed by atoms with Gasteiger partial charge in [0, 0.05) is 24.1 Å². The molecule has 2 aromatic carbocycles. The van der Waals surface area contributed by atoms with Crippen molar-refractivity contribution in [1.82, 2.24) is 9.55 Å². The van der Waals surface area contributed by atoms with Gasteiger partial charge in [0.1, 0.15) is 11.3 Å². The van der Waals surface area contributed by atoms with Gasteiger partial charge in [-0.1, -0.05) is 25.0 Å². The van der Waals surface area contributed by atoms with Gasteiger partial charge >= 0.3 is 5.63 Å². The second-order valence-corrected chi connectivity index (χ2v) is 6.64. The maximum atomic E-state index is 11.3. The smallest absolute Gasteiger partial charge is 0.336 e. The molecule has 5 heteroatoms. The number of hydrogen-bond acceptors (Lipinski definition) is 4. The van der Waals surface area contributed by atoms with Gasteiger partial charge < -0.3 is 13.7 Å². The number of rotatable bonds is 8. The maximum absolute atomic E-state index is 11.3. The normalized spacial score (nSPS) is 11.3. The first-order valence-electron chi connectivity index (χ1n) is 9.36. The van der Waals surface area contributed by atoms with E-state index in [9.17, 15) is 4.79 Å². The highest BCUT2D eigenvalue weighted by Gasteiger charge is 2.02. The number of aromatic nitrogens is 2. The molecule has 4 rings (SSSR count). The van der Waals surface area contributed by atoms with Crippen LogP contribution in [0.2, 0.25) is 0 Å². The van der Waals surface area contributed by atoms with Crippen molar-refractivity contribution in [3.63, 3.8) is 0 Å². The summed E-state index contributed by atoms with van der Waals surface area (Å²) in [6.07, 6.45) is 6.33. The van der Waals surface area contributed by atoms with E-state index in [1.165, 1.54) is 11.6 Å². The van der Waals surface area contributed by atoms with E-state index in [4.69, 9.17) is 9.15 Å². The highest BCUT2D eigenvalue weighted by Crippen LogP contribution is 2.20. The molecule has 0 spiro atoms. The van der Waals surface area contributed by atoms with Gasteiger partial charge in [0.05, 0.1) is 24.0 Å². The zero-order chi connectivity index (χ0) is 18.5. The predicted octanol–water partition coefficient (Wildman–Crippen LogP) is 4.78. The summed E-state index contributed by atoms with van der Waals surface area (Å²) in [4.78, 5) is 15.7. The summed E-state index contributed by atoms with van der Waals surface area (Å²) in [6, 6.07) is 17.0. The molecule has 0 amide bonds. The molecule has 2 aromatic heterocycles. The first kappa shape index (κ1) is 17.3. The Kier molecular flexibility index (Phi) is 5.19. The van der Waals surface area contributed by atoms with E-state index < -0.39 is 0 Å². The largest absolute Gasteiger partial charge is 0.493 e. The van der Waals surface area contributed by atoms with E-state index in [2.05, 4.69) is 21.7 Å².